The second kappa shape index (κ2) is 14.6. The molecule has 2 aliphatic heterocycles. The minimum Gasteiger partial charge on any atom is -0.444 e. The van der Waals surface area contributed by atoms with Crippen molar-refractivity contribution in [2.24, 2.45) is 5.41 Å². The maximum Gasteiger partial charge on any atom is 0.416 e. The number of benzene rings is 2. The van der Waals surface area contributed by atoms with Gasteiger partial charge in [0.15, 0.2) is 0 Å². The van der Waals surface area contributed by atoms with Crippen molar-refractivity contribution in [3.05, 3.63) is 75.6 Å². The number of likely N-dealkylation sites (tertiary alicyclic amines) is 1. The summed E-state index contributed by atoms with van der Waals surface area (Å²) in [7, 11) is -3.99. The predicted octanol–water partition coefficient (Wildman–Crippen LogP) is 5.65. The highest BCUT2D eigenvalue weighted by molar-refractivity contribution is 7.91. The molecule has 4 atom stereocenters. The number of fused-ring (bicyclic) bond motifs is 1. The molecular weight excluding hydrogens is 770 g/mol. The van der Waals surface area contributed by atoms with Gasteiger partial charge in [-0.25, -0.2) is 17.6 Å². The van der Waals surface area contributed by atoms with E-state index in [1.807, 2.05) is 6.07 Å². The van der Waals surface area contributed by atoms with Gasteiger partial charge in [0.1, 0.15) is 29.5 Å². The lowest BCUT2D eigenvalue weighted by molar-refractivity contribution is -0.141. The predicted molar refractivity (Wildman–Crippen MR) is 193 cm³/mol. The Balaban J connectivity index is 1.28. The zero-order valence-corrected chi connectivity index (χ0v) is 32.1. The Morgan fingerprint density at radius 1 is 1.09 bits per heavy atom. The summed E-state index contributed by atoms with van der Waals surface area (Å²) in [5.41, 5.74) is -2.32. The van der Waals surface area contributed by atoms with Crippen LogP contribution in [0.3, 0.4) is 0 Å². The number of nitrogens with zero attached hydrogens (tertiary/aromatic N) is 2. The van der Waals surface area contributed by atoms with Crippen molar-refractivity contribution < 1.29 is 49.9 Å². The zero-order valence-electron chi connectivity index (χ0n) is 30.6. The molecule has 3 N–H and O–H groups in total. The summed E-state index contributed by atoms with van der Waals surface area (Å²) in [4.78, 5) is 58.3. The molecule has 1 saturated heterocycles. The van der Waals surface area contributed by atoms with Crippen molar-refractivity contribution in [3.8, 4) is 0 Å². The highest BCUT2D eigenvalue weighted by atomic mass is 35.5. The number of carbonyl (C=O) groups excluding carboxylic acids is 4. The second-order valence-electron chi connectivity index (χ2n) is 15.5. The van der Waals surface area contributed by atoms with Crippen LogP contribution in [0.25, 0.3) is 0 Å². The van der Waals surface area contributed by atoms with Crippen LogP contribution in [0.4, 0.5) is 28.0 Å². The summed E-state index contributed by atoms with van der Waals surface area (Å²) in [6.07, 6.45) is -3.94. The summed E-state index contributed by atoms with van der Waals surface area (Å²) in [6.45, 7) is 6.71. The molecule has 0 radical (unpaired) electrons. The number of hydrogen-bond donors (Lipinski definition) is 3. The first-order valence-corrected chi connectivity index (χ1v) is 19.8. The maximum absolute atomic E-state index is 14.5. The molecule has 2 aromatic rings. The van der Waals surface area contributed by atoms with Crippen molar-refractivity contribution in [1.82, 2.24) is 19.8 Å². The first-order chi connectivity index (χ1) is 25.6. The Morgan fingerprint density at radius 3 is 2.42 bits per heavy atom. The monoisotopic (exact) mass is 811 g/mol. The summed E-state index contributed by atoms with van der Waals surface area (Å²) in [6, 6.07) is 4.36. The molecule has 4 aliphatic rings. The largest absolute Gasteiger partial charge is 0.444 e. The van der Waals surface area contributed by atoms with E-state index < -0.39 is 85.8 Å². The number of sulfonamides is 1. The first-order valence-electron chi connectivity index (χ1n) is 17.9. The van der Waals surface area contributed by atoms with Crippen LogP contribution in [-0.2, 0) is 48.4 Å². The number of anilines is 1. The molecule has 0 aromatic heterocycles. The molecule has 4 amide bonds. The molecule has 0 bridgehead atoms. The Morgan fingerprint density at radius 2 is 1.80 bits per heavy atom. The van der Waals surface area contributed by atoms with Crippen LogP contribution in [0.15, 0.2) is 48.0 Å². The van der Waals surface area contributed by atoms with Gasteiger partial charge in [0.2, 0.25) is 21.8 Å². The minimum absolute atomic E-state index is 0.0169. The smallest absolute Gasteiger partial charge is 0.416 e. The van der Waals surface area contributed by atoms with E-state index in [2.05, 4.69) is 15.4 Å². The fourth-order valence-corrected chi connectivity index (χ4v) is 8.64. The molecule has 1 unspecified atom stereocenters. The molecule has 2 saturated carbocycles. The quantitative estimate of drug-likeness (QED) is 0.206. The molecule has 0 spiro atoms. The van der Waals surface area contributed by atoms with E-state index in [0.29, 0.717) is 42.0 Å². The van der Waals surface area contributed by atoms with Crippen LogP contribution in [0, 0.1) is 11.2 Å². The van der Waals surface area contributed by atoms with E-state index >= 15 is 0 Å². The van der Waals surface area contributed by atoms with Gasteiger partial charge < -0.3 is 20.3 Å². The molecule has 2 aliphatic carbocycles. The molecule has 55 heavy (non-hydrogen) atoms. The lowest BCUT2D eigenvalue weighted by atomic mass is 9.85. The van der Waals surface area contributed by atoms with Gasteiger partial charge >= 0.3 is 12.3 Å². The van der Waals surface area contributed by atoms with Gasteiger partial charge in [0, 0.05) is 30.1 Å². The van der Waals surface area contributed by atoms with E-state index in [1.165, 1.54) is 4.90 Å². The lowest BCUT2D eigenvalue weighted by Gasteiger charge is -2.36. The summed E-state index contributed by atoms with van der Waals surface area (Å²) in [5.74, 6) is -3.76. The lowest BCUT2D eigenvalue weighted by Crippen LogP contribution is -2.58. The number of halogens is 5. The van der Waals surface area contributed by atoms with Crippen molar-refractivity contribution in [2.75, 3.05) is 11.9 Å². The van der Waals surface area contributed by atoms with Crippen molar-refractivity contribution in [2.45, 2.75) is 108 Å². The van der Waals surface area contributed by atoms with Gasteiger partial charge in [0.05, 0.1) is 23.9 Å². The number of alkyl halides is 3. The number of carbonyl (C=O) groups is 4. The molecular formula is C37H42ClF4N5O7S. The van der Waals surface area contributed by atoms with E-state index in [9.17, 15) is 45.2 Å². The Hall–Kier alpha value is -4.38. The average molecular weight is 812 g/mol. The molecule has 298 valence electrons. The minimum atomic E-state index is -4.88. The average Bonchev–Trinajstić information content (AvgIpc) is 3.96. The van der Waals surface area contributed by atoms with Gasteiger partial charge in [-0.15, -0.1) is 0 Å². The van der Waals surface area contributed by atoms with Gasteiger partial charge in [0.25, 0.3) is 5.91 Å². The Kier molecular flexibility index (Phi) is 10.7. The van der Waals surface area contributed by atoms with Crippen molar-refractivity contribution in [3.63, 3.8) is 0 Å². The molecule has 6 rings (SSSR count). The molecule has 2 aromatic carbocycles. The van der Waals surface area contributed by atoms with Crippen LogP contribution >= 0.6 is 11.6 Å². The number of hydrogen-bond acceptors (Lipinski definition) is 8. The highest BCUT2D eigenvalue weighted by Crippen LogP contribution is 2.45. The maximum atomic E-state index is 14.5. The van der Waals surface area contributed by atoms with Crippen LogP contribution in [-0.4, -0.2) is 77.6 Å². The normalized spacial score (nSPS) is 23.6. The first kappa shape index (κ1) is 40.3. The van der Waals surface area contributed by atoms with E-state index in [1.54, 1.807) is 45.9 Å². The topological polar surface area (TPSA) is 154 Å². The summed E-state index contributed by atoms with van der Waals surface area (Å²) < 4.78 is 88.6. The number of ether oxygens (including phenoxy) is 1. The molecule has 2 heterocycles. The van der Waals surface area contributed by atoms with Crippen molar-refractivity contribution >= 4 is 51.1 Å². The van der Waals surface area contributed by atoms with Gasteiger partial charge in [-0.2, -0.15) is 13.2 Å². The van der Waals surface area contributed by atoms with Gasteiger partial charge in [-0.1, -0.05) is 57.5 Å². The zero-order chi connectivity index (χ0) is 40.2. The number of allylic oxidation sites excluding steroid dienone is 1. The summed E-state index contributed by atoms with van der Waals surface area (Å²) in [5, 5.41) is 5.18. The number of rotatable bonds is 10. The molecule has 3 fully saturated rings. The van der Waals surface area contributed by atoms with Crippen LogP contribution in [0.1, 0.15) is 76.5 Å². The van der Waals surface area contributed by atoms with E-state index in [4.69, 9.17) is 16.3 Å². The van der Waals surface area contributed by atoms with Crippen LogP contribution in [0.2, 0.25) is 5.02 Å². The van der Waals surface area contributed by atoms with E-state index in [0.717, 1.165) is 22.1 Å². The van der Waals surface area contributed by atoms with Gasteiger partial charge in [-0.3, -0.25) is 24.0 Å². The number of amides is 4. The highest BCUT2D eigenvalue weighted by Gasteiger charge is 2.59. The third-order valence-corrected chi connectivity index (χ3v) is 12.4. The molecule has 18 heteroatoms. The van der Waals surface area contributed by atoms with E-state index in [-0.39, 0.29) is 38.2 Å². The SMILES string of the molecule is CC/C=C1/CC1(NC(=O)[C@@H]1C[C@@H](OC(=O)N2Cc3cccc(Cl)c3C2)CN1C(=O)[C@@H](Nc1cc(F)cc(C(F)(F)F)c1)C(C)(C)C)C(=O)NS(=O)(=O)C1CC1. The van der Waals surface area contributed by atoms with Crippen LogP contribution < -0.4 is 15.4 Å². The van der Waals surface area contributed by atoms with Crippen LogP contribution in [0.5, 0.6) is 0 Å². The summed E-state index contributed by atoms with van der Waals surface area (Å²) >= 11 is 6.33. The second-order valence-corrected chi connectivity index (χ2v) is 17.9. The molecule has 12 nitrogen and oxygen atoms in total. The Bertz CT molecular complexity index is 2050. The fraction of sp³-hybridized carbons (Fsp3) is 0.514. The fourth-order valence-electron chi connectivity index (χ4n) is 7.03. The Labute approximate surface area is 321 Å². The third kappa shape index (κ3) is 8.56. The van der Waals surface area contributed by atoms with Crippen molar-refractivity contribution in [1.29, 1.82) is 0 Å². The standard InChI is InChI=1S/C37H42ClF4N5O7S/c1-5-7-21-16-36(21,33(50)45-55(52,53)26-10-11-26)44-31(48)29-15-25(54-34(51)46-17-20-8-6-9-28(38)27(20)19-46)18-47(29)32(49)30(35(2,3)4)43-24-13-22(37(40,41)42)12-23(39)14-24/h6-9,12-14,25-26,29-30,43H,5,10-11,15-19H2,1-4H3,(H,44,48)(H,45,50)/b21-7-/t25-,29+,30-,36?/m1/s1. The number of nitrogens with one attached hydrogen (secondary N) is 3. The third-order valence-electron chi connectivity index (χ3n) is 10.2. The van der Waals surface area contributed by atoms with Gasteiger partial charge in [-0.05, 0) is 65.6 Å².